The molecule has 2 aromatic rings. The van der Waals surface area contributed by atoms with Gasteiger partial charge in [0.15, 0.2) is 0 Å². The molecule has 0 aliphatic carbocycles. The SMILES string of the molecule is Cc1ccc2c(c1)C(=O)C(=O)N2Cc1ccccc1[N+](=O)[O-]. The van der Waals surface area contributed by atoms with Gasteiger partial charge in [-0.2, -0.15) is 0 Å². The number of rotatable bonds is 3. The largest absolute Gasteiger partial charge is 0.300 e. The van der Waals surface area contributed by atoms with Crippen molar-refractivity contribution in [3.63, 3.8) is 0 Å². The summed E-state index contributed by atoms with van der Waals surface area (Å²) in [5.41, 5.74) is 2.06. The first-order chi connectivity index (χ1) is 10.5. The van der Waals surface area contributed by atoms with Gasteiger partial charge < -0.3 is 4.90 Å². The van der Waals surface area contributed by atoms with E-state index < -0.39 is 16.6 Å². The van der Waals surface area contributed by atoms with Gasteiger partial charge in [0.2, 0.25) is 0 Å². The lowest BCUT2D eigenvalue weighted by Crippen LogP contribution is -2.29. The van der Waals surface area contributed by atoms with Crippen LogP contribution in [0.3, 0.4) is 0 Å². The van der Waals surface area contributed by atoms with Crippen molar-refractivity contribution in [3.8, 4) is 0 Å². The highest BCUT2D eigenvalue weighted by Crippen LogP contribution is 2.32. The zero-order valence-corrected chi connectivity index (χ0v) is 11.8. The smallest absolute Gasteiger partial charge is 0.299 e. The fourth-order valence-corrected chi connectivity index (χ4v) is 2.56. The number of anilines is 1. The summed E-state index contributed by atoms with van der Waals surface area (Å²) in [5.74, 6) is -1.23. The molecule has 6 nitrogen and oxygen atoms in total. The van der Waals surface area contributed by atoms with Crippen LogP contribution in [0.2, 0.25) is 0 Å². The standard InChI is InChI=1S/C16H12N2O4/c1-10-6-7-14-12(8-10)15(19)16(20)17(14)9-11-4-2-3-5-13(11)18(21)22/h2-8H,9H2,1H3. The molecule has 0 atom stereocenters. The lowest BCUT2D eigenvalue weighted by atomic mass is 10.1. The van der Waals surface area contributed by atoms with Crippen LogP contribution < -0.4 is 4.90 Å². The minimum Gasteiger partial charge on any atom is -0.300 e. The number of carbonyl (C=O) groups is 2. The van der Waals surface area contributed by atoms with Crippen LogP contribution in [-0.2, 0) is 11.3 Å². The van der Waals surface area contributed by atoms with Crippen molar-refractivity contribution < 1.29 is 14.5 Å². The number of nitro groups is 1. The van der Waals surface area contributed by atoms with Crippen molar-refractivity contribution in [1.29, 1.82) is 0 Å². The molecule has 0 aromatic heterocycles. The Labute approximate surface area is 126 Å². The Hall–Kier alpha value is -3.02. The van der Waals surface area contributed by atoms with Gasteiger partial charge in [0, 0.05) is 11.6 Å². The quantitative estimate of drug-likeness (QED) is 0.495. The monoisotopic (exact) mass is 296 g/mol. The van der Waals surface area contributed by atoms with Gasteiger partial charge in [0.1, 0.15) is 0 Å². The molecule has 110 valence electrons. The minimum atomic E-state index is -0.654. The summed E-state index contributed by atoms with van der Waals surface area (Å²) < 4.78 is 0. The van der Waals surface area contributed by atoms with E-state index in [0.717, 1.165) is 5.56 Å². The van der Waals surface area contributed by atoms with Gasteiger partial charge in [-0.05, 0) is 19.1 Å². The second-order valence-corrected chi connectivity index (χ2v) is 5.13. The van der Waals surface area contributed by atoms with E-state index in [-0.39, 0.29) is 12.2 Å². The van der Waals surface area contributed by atoms with Crippen LogP contribution in [0.1, 0.15) is 21.5 Å². The Kier molecular flexibility index (Phi) is 3.21. The van der Waals surface area contributed by atoms with Gasteiger partial charge in [-0.25, -0.2) is 0 Å². The average molecular weight is 296 g/mol. The van der Waals surface area contributed by atoms with E-state index in [4.69, 9.17) is 0 Å². The zero-order chi connectivity index (χ0) is 15.9. The molecule has 0 saturated carbocycles. The van der Waals surface area contributed by atoms with Crippen LogP contribution in [0.5, 0.6) is 0 Å². The molecule has 0 N–H and O–H groups in total. The molecule has 0 bridgehead atoms. The number of benzene rings is 2. The molecule has 0 saturated heterocycles. The number of hydrogen-bond acceptors (Lipinski definition) is 4. The molecule has 1 amide bonds. The maximum Gasteiger partial charge on any atom is 0.299 e. The summed E-state index contributed by atoms with van der Waals surface area (Å²) in [5, 5.41) is 11.1. The molecule has 3 rings (SSSR count). The number of nitro benzene ring substituents is 1. The van der Waals surface area contributed by atoms with Crippen molar-refractivity contribution >= 4 is 23.1 Å². The van der Waals surface area contributed by atoms with Crippen molar-refractivity contribution in [2.75, 3.05) is 4.90 Å². The number of para-hydroxylation sites is 1. The third-order valence-corrected chi connectivity index (χ3v) is 3.64. The van der Waals surface area contributed by atoms with E-state index in [9.17, 15) is 19.7 Å². The molecule has 6 heteroatoms. The molecule has 0 radical (unpaired) electrons. The fourth-order valence-electron chi connectivity index (χ4n) is 2.56. The van der Waals surface area contributed by atoms with Crippen LogP contribution in [0.15, 0.2) is 42.5 Å². The Morgan fingerprint density at radius 1 is 1.14 bits per heavy atom. The first kappa shape index (κ1) is 13.9. The molecule has 0 fully saturated rings. The zero-order valence-electron chi connectivity index (χ0n) is 11.8. The molecule has 1 heterocycles. The average Bonchev–Trinajstić information content (AvgIpc) is 2.72. The van der Waals surface area contributed by atoms with E-state index in [0.29, 0.717) is 16.8 Å². The molecule has 1 aliphatic heterocycles. The highest BCUT2D eigenvalue weighted by molar-refractivity contribution is 6.52. The third kappa shape index (κ3) is 2.14. The summed E-state index contributed by atoms with van der Waals surface area (Å²) >= 11 is 0. The molecular formula is C16H12N2O4. The van der Waals surface area contributed by atoms with Gasteiger partial charge in [-0.3, -0.25) is 19.7 Å². The third-order valence-electron chi connectivity index (χ3n) is 3.64. The van der Waals surface area contributed by atoms with E-state index in [1.165, 1.54) is 11.0 Å². The normalized spacial score (nSPS) is 13.4. The van der Waals surface area contributed by atoms with E-state index in [2.05, 4.69) is 0 Å². The minimum absolute atomic E-state index is 0.00219. The lowest BCUT2D eigenvalue weighted by Gasteiger charge is -2.16. The van der Waals surface area contributed by atoms with Crippen molar-refractivity contribution in [2.24, 2.45) is 0 Å². The molecule has 2 aromatic carbocycles. The first-order valence-corrected chi connectivity index (χ1v) is 6.68. The van der Waals surface area contributed by atoms with Crippen LogP contribution in [-0.4, -0.2) is 16.6 Å². The number of nitrogens with zero attached hydrogens (tertiary/aromatic N) is 2. The summed E-state index contributed by atoms with van der Waals surface area (Å²) in [6.07, 6.45) is 0. The van der Waals surface area contributed by atoms with Gasteiger partial charge in [-0.1, -0.05) is 29.8 Å². The number of carbonyl (C=O) groups excluding carboxylic acids is 2. The molecule has 1 aliphatic rings. The summed E-state index contributed by atoms with van der Waals surface area (Å²) in [6, 6.07) is 11.4. The summed E-state index contributed by atoms with van der Waals surface area (Å²) in [7, 11) is 0. The number of Topliss-reactive ketones (excluding diaryl/α,β-unsaturated/α-hetero) is 1. The van der Waals surface area contributed by atoms with Crippen LogP contribution in [0, 0.1) is 17.0 Å². The van der Waals surface area contributed by atoms with Gasteiger partial charge in [0.25, 0.3) is 17.4 Å². The predicted molar refractivity (Wildman–Crippen MR) is 79.8 cm³/mol. The highest BCUT2D eigenvalue weighted by atomic mass is 16.6. The predicted octanol–water partition coefficient (Wildman–Crippen LogP) is 2.63. The Bertz CT molecular complexity index is 814. The van der Waals surface area contributed by atoms with Gasteiger partial charge in [0.05, 0.1) is 22.7 Å². The Morgan fingerprint density at radius 3 is 2.59 bits per heavy atom. The topological polar surface area (TPSA) is 80.5 Å². The van der Waals surface area contributed by atoms with Crippen LogP contribution in [0.4, 0.5) is 11.4 Å². The lowest BCUT2D eigenvalue weighted by molar-refractivity contribution is -0.385. The van der Waals surface area contributed by atoms with Gasteiger partial charge >= 0.3 is 0 Å². The fraction of sp³-hybridized carbons (Fsp3) is 0.125. The van der Waals surface area contributed by atoms with E-state index in [1.807, 2.05) is 6.92 Å². The maximum absolute atomic E-state index is 12.2. The van der Waals surface area contributed by atoms with Gasteiger partial charge in [-0.15, -0.1) is 0 Å². The summed E-state index contributed by atoms with van der Waals surface area (Å²) in [4.78, 5) is 36.1. The molecule has 0 unspecified atom stereocenters. The first-order valence-electron chi connectivity index (χ1n) is 6.68. The van der Waals surface area contributed by atoms with E-state index >= 15 is 0 Å². The number of hydrogen-bond donors (Lipinski definition) is 0. The molecular weight excluding hydrogens is 284 g/mol. The number of aryl methyl sites for hydroxylation is 1. The van der Waals surface area contributed by atoms with Crippen LogP contribution in [0.25, 0.3) is 0 Å². The molecule has 22 heavy (non-hydrogen) atoms. The van der Waals surface area contributed by atoms with Crippen molar-refractivity contribution in [2.45, 2.75) is 13.5 Å². The molecule has 0 spiro atoms. The number of ketones is 1. The van der Waals surface area contributed by atoms with Crippen molar-refractivity contribution in [3.05, 3.63) is 69.3 Å². The highest BCUT2D eigenvalue weighted by Gasteiger charge is 2.36. The second kappa shape index (κ2) is 5.07. The number of amides is 1. The second-order valence-electron chi connectivity index (χ2n) is 5.13. The summed E-state index contributed by atoms with van der Waals surface area (Å²) in [6.45, 7) is 1.83. The van der Waals surface area contributed by atoms with Crippen LogP contribution >= 0.6 is 0 Å². The Balaban J connectivity index is 2.03. The Morgan fingerprint density at radius 2 is 1.86 bits per heavy atom. The van der Waals surface area contributed by atoms with E-state index in [1.54, 1.807) is 36.4 Å². The maximum atomic E-state index is 12.2. The van der Waals surface area contributed by atoms with Crippen molar-refractivity contribution in [1.82, 2.24) is 0 Å². The number of fused-ring (bicyclic) bond motifs is 1.